The molecule has 4 nitrogen and oxygen atoms in total. The Balaban J connectivity index is 3.35. The Kier molecular flexibility index (Phi) is 5.93. The second-order valence-corrected chi connectivity index (χ2v) is 3.30. The van der Waals surface area contributed by atoms with Crippen molar-refractivity contribution in [1.82, 2.24) is 0 Å². The van der Waals surface area contributed by atoms with Gasteiger partial charge in [-0.1, -0.05) is 13.8 Å². The first-order valence-corrected chi connectivity index (χ1v) is 4.39. The minimum Gasteiger partial charge on any atom is -0.481 e. The predicted molar refractivity (Wildman–Crippen MR) is 47.3 cm³/mol. The lowest BCUT2D eigenvalue weighted by Crippen LogP contribution is -2.09. The third kappa shape index (κ3) is 8.85. The number of carboxylic acid groups (broad SMARTS) is 1. The molecular weight excluding hydrogens is 172 g/mol. The number of carbonyl (C=O) groups excluding carboxylic acids is 1. The molecule has 0 saturated carbocycles. The smallest absolute Gasteiger partial charge is 0.306 e. The van der Waals surface area contributed by atoms with E-state index in [1.807, 2.05) is 13.8 Å². The average molecular weight is 188 g/mol. The molecule has 0 aromatic heterocycles. The molecule has 0 atom stereocenters. The van der Waals surface area contributed by atoms with Crippen LogP contribution in [0.5, 0.6) is 0 Å². The third-order valence-electron chi connectivity index (χ3n) is 1.50. The van der Waals surface area contributed by atoms with Crippen LogP contribution in [0.3, 0.4) is 0 Å². The minimum atomic E-state index is -0.948. The van der Waals surface area contributed by atoms with Gasteiger partial charge in [0, 0.05) is 6.42 Å². The number of carbonyl (C=O) groups is 2. The number of aliphatic carboxylic acids is 1. The lowest BCUT2D eigenvalue weighted by Gasteiger charge is -2.04. The average Bonchev–Trinajstić information content (AvgIpc) is 2.00. The zero-order valence-corrected chi connectivity index (χ0v) is 8.08. The monoisotopic (exact) mass is 188 g/mol. The van der Waals surface area contributed by atoms with Crippen molar-refractivity contribution >= 4 is 11.9 Å². The number of esters is 1. The van der Waals surface area contributed by atoms with Crippen LogP contribution in [-0.4, -0.2) is 23.7 Å². The van der Waals surface area contributed by atoms with Crippen LogP contribution in [0.25, 0.3) is 0 Å². The van der Waals surface area contributed by atoms with E-state index >= 15 is 0 Å². The Morgan fingerprint density at radius 2 is 1.92 bits per heavy atom. The van der Waals surface area contributed by atoms with Crippen LogP contribution in [0.2, 0.25) is 0 Å². The molecule has 0 aromatic carbocycles. The first kappa shape index (κ1) is 11.9. The second-order valence-electron chi connectivity index (χ2n) is 3.30. The van der Waals surface area contributed by atoms with E-state index in [9.17, 15) is 9.59 Å². The van der Waals surface area contributed by atoms with Crippen molar-refractivity contribution in [1.29, 1.82) is 0 Å². The lowest BCUT2D eigenvalue weighted by atomic mass is 10.1. The molecule has 0 fully saturated rings. The summed E-state index contributed by atoms with van der Waals surface area (Å²) in [6.07, 6.45) is 1.04. The molecule has 0 aliphatic rings. The van der Waals surface area contributed by atoms with E-state index in [4.69, 9.17) is 5.11 Å². The van der Waals surface area contributed by atoms with Gasteiger partial charge in [0.2, 0.25) is 0 Å². The molecule has 0 rings (SSSR count). The number of rotatable bonds is 6. The van der Waals surface area contributed by atoms with Crippen molar-refractivity contribution in [3.63, 3.8) is 0 Å². The van der Waals surface area contributed by atoms with Gasteiger partial charge in [-0.2, -0.15) is 0 Å². The van der Waals surface area contributed by atoms with E-state index in [-0.39, 0.29) is 19.0 Å². The van der Waals surface area contributed by atoms with Gasteiger partial charge < -0.3 is 9.84 Å². The van der Waals surface area contributed by atoms with Crippen molar-refractivity contribution < 1.29 is 19.4 Å². The van der Waals surface area contributed by atoms with Crippen molar-refractivity contribution in [3.05, 3.63) is 0 Å². The van der Waals surface area contributed by atoms with Crippen LogP contribution in [0.4, 0.5) is 0 Å². The van der Waals surface area contributed by atoms with Crippen molar-refractivity contribution in [2.75, 3.05) is 6.61 Å². The molecule has 0 saturated heterocycles. The first-order chi connectivity index (χ1) is 6.02. The van der Waals surface area contributed by atoms with Crippen LogP contribution < -0.4 is 0 Å². The Bertz CT molecular complexity index is 174. The number of ether oxygens (including phenoxy) is 1. The van der Waals surface area contributed by atoms with Gasteiger partial charge in [-0.15, -0.1) is 0 Å². The van der Waals surface area contributed by atoms with Crippen LogP contribution in [0.15, 0.2) is 0 Å². The summed E-state index contributed by atoms with van der Waals surface area (Å²) >= 11 is 0. The Hall–Kier alpha value is -1.06. The summed E-state index contributed by atoms with van der Waals surface area (Å²) in [6.45, 7) is 4.02. The highest BCUT2D eigenvalue weighted by Gasteiger charge is 2.05. The summed E-state index contributed by atoms with van der Waals surface area (Å²) in [7, 11) is 0. The second kappa shape index (κ2) is 6.46. The summed E-state index contributed by atoms with van der Waals surface area (Å²) in [4.78, 5) is 21.0. The van der Waals surface area contributed by atoms with Gasteiger partial charge in [0.25, 0.3) is 0 Å². The molecule has 0 heterocycles. The molecule has 0 amide bonds. The molecule has 0 aliphatic carbocycles. The molecule has 4 heteroatoms. The molecular formula is C9H16O4. The van der Waals surface area contributed by atoms with E-state index < -0.39 is 5.97 Å². The van der Waals surface area contributed by atoms with Crippen molar-refractivity contribution in [3.8, 4) is 0 Å². The molecule has 76 valence electrons. The molecule has 0 aromatic rings. The summed E-state index contributed by atoms with van der Waals surface area (Å²) in [6, 6.07) is 0. The molecule has 1 N–H and O–H groups in total. The maximum absolute atomic E-state index is 10.9. The molecule has 0 spiro atoms. The predicted octanol–water partition coefficient (Wildman–Crippen LogP) is 1.44. The first-order valence-electron chi connectivity index (χ1n) is 4.39. The zero-order valence-electron chi connectivity index (χ0n) is 8.08. The fourth-order valence-electron chi connectivity index (χ4n) is 0.731. The van der Waals surface area contributed by atoms with Crippen LogP contribution >= 0.6 is 0 Å². The summed E-state index contributed by atoms with van der Waals surface area (Å²) < 4.78 is 4.68. The van der Waals surface area contributed by atoms with E-state index in [0.29, 0.717) is 12.3 Å². The number of hydrogen-bond donors (Lipinski definition) is 1. The highest BCUT2D eigenvalue weighted by Crippen LogP contribution is 2.04. The fourth-order valence-corrected chi connectivity index (χ4v) is 0.731. The summed E-state index contributed by atoms with van der Waals surface area (Å²) in [5, 5.41) is 8.25. The third-order valence-corrected chi connectivity index (χ3v) is 1.50. The summed E-state index contributed by atoms with van der Waals surface area (Å²) in [5.74, 6) is -0.793. The fraction of sp³-hybridized carbons (Fsp3) is 0.778. The molecule has 0 unspecified atom stereocenters. The number of hydrogen-bond acceptors (Lipinski definition) is 3. The van der Waals surface area contributed by atoms with Gasteiger partial charge in [-0.25, -0.2) is 0 Å². The van der Waals surface area contributed by atoms with E-state index in [0.717, 1.165) is 6.42 Å². The van der Waals surface area contributed by atoms with E-state index in [1.54, 1.807) is 0 Å². The normalized spacial score (nSPS) is 10.1. The maximum atomic E-state index is 10.9. The van der Waals surface area contributed by atoms with Crippen LogP contribution in [0, 0.1) is 5.92 Å². The number of carboxylic acids is 1. The minimum absolute atomic E-state index is 0.0216. The molecule has 13 heavy (non-hydrogen) atoms. The largest absolute Gasteiger partial charge is 0.481 e. The SMILES string of the molecule is CC(C)CCC(=O)OCCC(=O)O. The standard InChI is InChI=1S/C9H16O4/c1-7(2)3-4-9(12)13-6-5-8(10)11/h7H,3-6H2,1-2H3,(H,10,11). The van der Waals surface area contributed by atoms with E-state index in [2.05, 4.69) is 4.74 Å². The zero-order chi connectivity index (χ0) is 10.3. The molecule has 0 aliphatic heterocycles. The van der Waals surface area contributed by atoms with E-state index in [1.165, 1.54) is 0 Å². The molecule has 0 bridgehead atoms. The highest BCUT2D eigenvalue weighted by molar-refractivity contribution is 5.70. The van der Waals surface area contributed by atoms with Crippen molar-refractivity contribution in [2.45, 2.75) is 33.1 Å². The topological polar surface area (TPSA) is 63.6 Å². The van der Waals surface area contributed by atoms with Gasteiger partial charge in [0.1, 0.15) is 6.61 Å². The summed E-state index contributed by atoms with van der Waals surface area (Å²) in [5.41, 5.74) is 0. The Morgan fingerprint density at radius 1 is 1.31 bits per heavy atom. The van der Waals surface area contributed by atoms with Gasteiger partial charge in [0.15, 0.2) is 0 Å². The van der Waals surface area contributed by atoms with Crippen molar-refractivity contribution in [2.24, 2.45) is 5.92 Å². The van der Waals surface area contributed by atoms with Gasteiger partial charge in [0.05, 0.1) is 6.42 Å². The highest BCUT2D eigenvalue weighted by atomic mass is 16.5. The Labute approximate surface area is 77.9 Å². The Morgan fingerprint density at radius 3 is 2.38 bits per heavy atom. The van der Waals surface area contributed by atoms with Gasteiger partial charge in [-0.3, -0.25) is 9.59 Å². The van der Waals surface area contributed by atoms with Crippen LogP contribution in [0.1, 0.15) is 33.1 Å². The van der Waals surface area contributed by atoms with Crippen LogP contribution in [-0.2, 0) is 14.3 Å². The lowest BCUT2D eigenvalue weighted by molar-refractivity contribution is -0.146. The van der Waals surface area contributed by atoms with Gasteiger partial charge in [-0.05, 0) is 12.3 Å². The maximum Gasteiger partial charge on any atom is 0.306 e. The van der Waals surface area contributed by atoms with Gasteiger partial charge >= 0.3 is 11.9 Å². The molecule has 0 radical (unpaired) electrons. The quantitative estimate of drug-likeness (QED) is 0.640.